The predicted molar refractivity (Wildman–Crippen MR) is 79.5 cm³/mol. The van der Waals surface area contributed by atoms with E-state index in [-0.39, 0.29) is 0 Å². The summed E-state index contributed by atoms with van der Waals surface area (Å²) < 4.78 is 38.5. The number of hydrogen-bond acceptors (Lipinski definition) is 7. The molecular weight excluding hydrogens is 307 g/mol. The second-order valence-corrected chi connectivity index (χ2v) is 10.8. The van der Waals surface area contributed by atoms with Crippen LogP contribution in [0.15, 0.2) is 0 Å². The van der Waals surface area contributed by atoms with Gasteiger partial charge in [0.25, 0.3) is 0 Å². The molecule has 0 heterocycles. The molecule has 19 heavy (non-hydrogen) atoms. The molecule has 0 unspecified atom stereocenters. The first kappa shape index (κ1) is 19.6. The van der Waals surface area contributed by atoms with Crippen molar-refractivity contribution in [2.75, 3.05) is 40.3 Å². The molecule has 0 aliphatic heterocycles. The Morgan fingerprint density at radius 2 is 1.47 bits per heavy atom. The maximum absolute atomic E-state index is 12.2. The topological polar surface area (TPSA) is 63.2 Å². The van der Waals surface area contributed by atoms with Crippen LogP contribution in [0.2, 0.25) is 6.04 Å². The highest BCUT2D eigenvalue weighted by molar-refractivity contribution is 8.55. The van der Waals surface area contributed by atoms with Crippen LogP contribution in [0.5, 0.6) is 0 Å². The fourth-order valence-electron chi connectivity index (χ4n) is 1.45. The number of hydrogen-bond donors (Lipinski definition) is 0. The zero-order valence-electron chi connectivity index (χ0n) is 12.3. The Labute approximate surface area is 121 Å². The molecule has 0 bridgehead atoms. The Balaban J connectivity index is 4.16. The lowest BCUT2D eigenvalue weighted by molar-refractivity contribution is 0.123. The summed E-state index contributed by atoms with van der Waals surface area (Å²) in [5.74, 6) is 0.641. The molecule has 0 aromatic rings. The lowest BCUT2D eigenvalue weighted by Crippen LogP contribution is -2.42. The lowest BCUT2D eigenvalue weighted by Gasteiger charge is -2.24. The minimum Gasteiger partial charge on any atom is -0.377 e. The zero-order valence-corrected chi connectivity index (χ0v) is 15.1. The van der Waals surface area contributed by atoms with Crippen LogP contribution in [-0.4, -0.2) is 49.1 Å². The van der Waals surface area contributed by atoms with Gasteiger partial charge < -0.3 is 22.3 Å². The van der Waals surface area contributed by atoms with Gasteiger partial charge in [-0.3, -0.25) is 0 Å². The van der Waals surface area contributed by atoms with E-state index in [1.807, 2.05) is 0 Å². The third-order valence-corrected chi connectivity index (χ3v) is 9.28. The Kier molecular flexibility index (Phi) is 10.7. The zero-order chi connectivity index (χ0) is 14.8. The van der Waals surface area contributed by atoms with Crippen molar-refractivity contribution in [3.8, 4) is 0 Å². The van der Waals surface area contributed by atoms with E-state index in [0.29, 0.717) is 25.0 Å². The molecule has 0 radical (unpaired) electrons. The molecule has 9 heteroatoms. The van der Waals surface area contributed by atoms with Crippen molar-refractivity contribution < 1.29 is 26.9 Å². The smallest absolute Gasteiger partial charge is 0.377 e. The molecule has 0 N–H and O–H groups in total. The highest BCUT2D eigenvalue weighted by atomic mass is 32.7. The van der Waals surface area contributed by atoms with Gasteiger partial charge in [-0.15, -0.1) is 0 Å². The van der Waals surface area contributed by atoms with E-state index >= 15 is 0 Å². The molecule has 6 nitrogen and oxygen atoms in total. The fourth-order valence-corrected chi connectivity index (χ4v) is 6.92. The number of rotatable bonds is 12. The summed E-state index contributed by atoms with van der Waals surface area (Å²) in [7, 11) is 2.21. The van der Waals surface area contributed by atoms with Gasteiger partial charge in [0.2, 0.25) is 0 Å². The van der Waals surface area contributed by atoms with Crippen molar-refractivity contribution in [3.63, 3.8) is 0 Å². The molecule has 0 saturated heterocycles. The second-order valence-electron chi connectivity index (χ2n) is 3.51. The molecule has 0 aromatic heterocycles. The molecule has 0 rings (SSSR count). The average Bonchev–Trinajstić information content (AvgIpc) is 2.40. The van der Waals surface area contributed by atoms with Gasteiger partial charge in [0.05, 0.1) is 13.2 Å². The average molecular weight is 332 g/mol. The van der Waals surface area contributed by atoms with Crippen LogP contribution >= 0.6 is 18.2 Å². The van der Waals surface area contributed by atoms with Gasteiger partial charge in [-0.2, -0.15) is 0 Å². The summed E-state index contributed by atoms with van der Waals surface area (Å²) >= 11 is 1.21. The van der Waals surface area contributed by atoms with Crippen LogP contribution in [-0.2, 0) is 26.9 Å². The third-order valence-electron chi connectivity index (χ3n) is 2.38. The summed E-state index contributed by atoms with van der Waals surface area (Å²) in [5.41, 5.74) is 0. The third kappa shape index (κ3) is 7.24. The summed E-state index contributed by atoms with van der Waals surface area (Å²) in [6, 6.07) is 0.668. The Morgan fingerprint density at radius 1 is 1.00 bits per heavy atom. The molecule has 0 aromatic carbocycles. The van der Waals surface area contributed by atoms with Crippen LogP contribution in [0.3, 0.4) is 0 Å². The van der Waals surface area contributed by atoms with Gasteiger partial charge in [0.1, 0.15) is 0 Å². The highest BCUT2D eigenvalue weighted by Crippen LogP contribution is 2.60. The van der Waals surface area contributed by atoms with Crippen molar-refractivity contribution in [1.82, 2.24) is 0 Å². The molecule has 0 amide bonds. The van der Waals surface area contributed by atoms with E-state index in [0.717, 1.165) is 6.42 Å². The molecule has 0 saturated carbocycles. The van der Waals surface area contributed by atoms with E-state index < -0.39 is 15.6 Å². The van der Waals surface area contributed by atoms with Crippen LogP contribution in [0, 0.1) is 0 Å². The van der Waals surface area contributed by atoms with E-state index in [1.54, 1.807) is 35.2 Å². The van der Waals surface area contributed by atoms with Crippen molar-refractivity contribution in [1.29, 1.82) is 0 Å². The van der Waals surface area contributed by atoms with E-state index in [4.69, 9.17) is 22.3 Å². The molecule has 0 atom stereocenters. The summed E-state index contributed by atoms with van der Waals surface area (Å²) in [5, 5.41) is 0. The monoisotopic (exact) mass is 332 g/mol. The highest BCUT2D eigenvalue weighted by Gasteiger charge is 2.37. The van der Waals surface area contributed by atoms with Crippen molar-refractivity contribution in [3.05, 3.63) is 0 Å². The molecule has 0 aliphatic rings. The molecular formula is C10H25O6PSSi. The van der Waals surface area contributed by atoms with Gasteiger partial charge >= 0.3 is 15.6 Å². The van der Waals surface area contributed by atoms with Gasteiger partial charge in [-0.05, 0) is 31.7 Å². The van der Waals surface area contributed by atoms with Crippen LogP contribution in [0.1, 0.15) is 20.3 Å². The largest absolute Gasteiger partial charge is 0.500 e. The maximum Gasteiger partial charge on any atom is 0.500 e. The van der Waals surface area contributed by atoms with E-state index in [9.17, 15) is 4.57 Å². The molecule has 0 fully saturated rings. The van der Waals surface area contributed by atoms with Gasteiger partial charge in [-0.1, -0.05) is 0 Å². The molecule has 116 valence electrons. The molecule has 0 spiro atoms. The molecule has 0 aliphatic carbocycles. The Bertz CT molecular complexity index is 258. The maximum atomic E-state index is 12.2. The van der Waals surface area contributed by atoms with Crippen LogP contribution in [0.25, 0.3) is 0 Å². The lowest BCUT2D eigenvalue weighted by atomic mass is 10.6. The van der Waals surface area contributed by atoms with Crippen LogP contribution < -0.4 is 0 Å². The minimum atomic E-state index is -3.02. The van der Waals surface area contributed by atoms with Crippen molar-refractivity contribution in [2.24, 2.45) is 0 Å². The minimum absolute atomic E-state index is 0.372. The quantitative estimate of drug-likeness (QED) is 0.309. The first-order valence-corrected chi connectivity index (χ1v) is 11.3. The van der Waals surface area contributed by atoms with Gasteiger partial charge in [0.15, 0.2) is 0 Å². The Hall–Kier alpha value is 0.597. The summed E-state index contributed by atoms with van der Waals surface area (Å²) in [4.78, 5) is 0. The summed E-state index contributed by atoms with van der Waals surface area (Å²) in [6.07, 6.45) is 0.760. The standard InChI is InChI=1S/C10H25O6PSSi/c1-6-15-17(11,16-7-2)18-9-8-10-19(12-3,13-4)14-5/h6-10H2,1-5H3. The first-order chi connectivity index (χ1) is 9.01. The van der Waals surface area contributed by atoms with Crippen molar-refractivity contribution in [2.45, 2.75) is 26.3 Å². The SMILES string of the molecule is CCOP(=O)(OCC)SCCC[Si](OC)(OC)OC. The van der Waals surface area contributed by atoms with Gasteiger partial charge in [-0.25, -0.2) is 4.57 Å². The predicted octanol–water partition coefficient (Wildman–Crippen LogP) is 3.17. The fraction of sp³-hybridized carbons (Fsp3) is 1.00. The second kappa shape index (κ2) is 10.3. The summed E-state index contributed by atoms with van der Waals surface area (Å²) in [6.45, 7) is 1.32. The van der Waals surface area contributed by atoms with Crippen molar-refractivity contribution >= 4 is 27.0 Å². The first-order valence-electron chi connectivity index (χ1n) is 6.20. The van der Waals surface area contributed by atoms with Crippen LogP contribution in [0.4, 0.5) is 0 Å². The van der Waals surface area contributed by atoms with E-state index in [1.165, 1.54) is 11.4 Å². The van der Waals surface area contributed by atoms with Gasteiger partial charge in [0, 0.05) is 33.1 Å². The Morgan fingerprint density at radius 3 is 1.84 bits per heavy atom. The van der Waals surface area contributed by atoms with E-state index in [2.05, 4.69) is 0 Å². The normalized spacial score (nSPS) is 12.9.